The van der Waals surface area contributed by atoms with Crippen LogP contribution in [0.2, 0.25) is 0 Å². The van der Waals surface area contributed by atoms with Crippen molar-refractivity contribution in [3.8, 4) is 0 Å². The normalized spacial score (nSPS) is 10.2. The van der Waals surface area contributed by atoms with E-state index >= 15 is 0 Å². The van der Waals surface area contributed by atoms with Gasteiger partial charge in [0.2, 0.25) is 0 Å². The topological polar surface area (TPSA) is 81.5 Å². The molecule has 0 aliphatic carbocycles. The minimum absolute atomic E-state index is 0.0839. The Labute approximate surface area is 128 Å². The second kappa shape index (κ2) is 9.23. The highest BCUT2D eigenvalue weighted by atomic mass is 32.2. The highest BCUT2D eigenvalue weighted by Gasteiger charge is 2.11. The van der Waals surface area contributed by atoms with Crippen molar-refractivity contribution in [1.82, 2.24) is 0 Å². The van der Waals surface area contributed by atoms with Gasteiger partial charge in [0.15, 0.2) is 0 Å². The number of nitrogens with zero attached hydrogens (tertiary/aromatic N) is 1. The first-order valence-corrected chi connectivity index (χ1v) is 7.89. The maximum atomic E-state index is 11.0. The van der Waals surface area contributed by atoms with Crippen molar-refractivity contribution < 1.29 is 14.5 Å². The fraction of sp³-hybridized carbons (Fsp3) is 0.500. The Morgan fingerprint density at radius 1 is 1.48 bits per heavy atom. The molecule has 0 fully saturated rings. The summed E-state index contributed by atoms with van der Waals surface area (Å²) in [5.41, 5.74) is 1.88. The van der Waals surface area contributed by atoms with Gasteiger partial charge in [0.25, 0.3) is 5.69 Å². The molecular weight excluding hydrogens is 292 g/mol. The van der Waals surface area contributed by atoms with Crippen LogP contribution in [0.3, 0.4) is 0 Å². The molecule has 0 atom stereocenters. The van der Waals surface area contributed by atoms with Crippen molar-refractivity contribution >= 4 is 29.1 Å². The van der Waals surface area contributed by atoms with Crippen molar-refractivity contribution in [2.24, 2.45) is 0 Å². The number of methoxy groups -OCH3 is 1. The lowest BCUT2D eigenvalue weighted by atomic mass is 10.1. The molecule has 1 aromatic carbocycles. The van der Waals surface area contributed by atoms with Crippen LogP contribution in [-0.2, 0) is 15.3 Å². The Hall–Kier alpha value is -1.76. The predicted molar refractivity (Wildman–Crippen MR) is 84.7 cm³/mol. The molecular formula is C14H20N2O4S. The number of non-ortho nitro benzene ring substituents is 1. The van der Waals surface area contributed by atoms with E-state index in [4.69, 9.17) is 0 Å². The largest absolute Gasteiger partial charge is 0.469 e. The van der Waals surface area contributed by atoms with Crippen molar-refractivity contribution in [1.29, 1.82) is 0 Å². The quantitative estimate of drug-likeness (QED) is 0.326. The number of nitro groups is 1. The molecule has 0 amide bonds. The predicted octanol–water partition coefficient (Wildman–Crippen LogP) is 3.21. The monoisotopic (exact) mass is 312 g/mol. The number of nitro benzene ring substituents is 1. The average Bonchev–Trinajstić information content (AvgIpc) is 2.49. The van der Waals surface area contributed by atoms with Gasteiger partial charge in [0, 0.05) is 35.9 Å². The molecule has 0 saturated heterocycles. The van der Waals surface area contributed by atoms with Gasteiger partial charge in [-0.05, 0) is 18.1 Å². The van der Waals surface area contributed by atoms with Crippen LogP contribution in [0.25, 0.3) is 0 Å². The van der Waals surface area contributed by atoms with E-state index in [0.717, 1.165) is 24.2 Å². The van der Waals surface area contributed by atoms with Crippen LogP contribution in [-0.4, -0.2) is 30.3 Å². The molecule has 6 nitrogen and oxygen atoms in total. The number of anilines is 1. The lowest BCUT2D eigenvalue weighted by Gasteiger charge is -2.11. The van der Waals surface area contributed by atoms with Crippen LogP contribution in [0.15, 0.2) is 18.2 Å². The number of ether oxygens (including phenoxy) is 1. The first-order valence-electron chi connectivity index (χ1n) is 6.74. The fourth-order valence-electron chi connectivity index (χ4n) is 1.68. The van der Waals surface area contributed by atoms with Crippen molar-refractivity contribution in [3.05, 3.63) is 33.9 Å². The Morgan fingerprint density at radius 3 is 2.86 bits per heavy atom. The van der Waals surface area contributed by atoms with E-state index in [1.807, 2.05) is 0 Å². The summed E-state index contributed by atoms with van der Waals surface area (Å²) in [7, 11) is 1.36. The van der Waals surface area contributed by atoms with Gasteiger partial charge in [-0.3, -0.25) is 14.9 Å². The zero-order valence-corrected chi connectivity index (χ0v) is 13.1. The van der Waals surface area contributed by atoms with Crippen molar-refractivity contribution in [2.75, 3.05) is 24.7 Å². The number of esters is 1. The Balaban J connectivity index is 2.68. The number of thioether (sulfide) groups is 1. The summed E-state index contributed by atoms with van der Waals surface area (Å²) in [5.74, 6) is 0.999. The maximum Gasteiger partial charge on any atom is 0.306 e. The molecule has 7 heteroatoms. The first-order chi connectivity index (χ1) is 10.1. The van der Waals surface area contributed by atoms with E-state index in [1.165, 1.54) is 13.2 Å². The van der Waals surface area contributed by atoms with Crippen LogP contribution in [0.1, 0.15) is 25.3 Å². The smallest absolute Gasteiger partial charge is 0.306 e. The highest BCUT2D eigenvalue weighted by molar-refractivity contribution is 7.98. The van der Waals surface area contributed by atoms with E-state index in [0.29, 0.717) is 17.9 Å². The minimum atomic E-state index is -0.397. The molecule has 21 heavy (non-hydrogen) atoms. The second-order valence-corrected chi connectivity index (χ2v) is 5.51. The molecule has 0 saturated carbocycles. The summed E-state index contributed by atoms with van der Waals surface area (Å²) in [6, 6.07) is 4.83. The summed E-state index contributed by atoms with van der Waals surface area (Å²) >= 11 is 1.55. The Kier molecular flexibility index (Phi) is 7.60. The number of rotatable bonds is 9. The van der Waals surface area contributed by atoms with Gasteiger partial charge in [-0.2, -0.15) is 11.8 Å². The van der Waals surface area contributed by atoms with E-state index < -0.39 is 4.92 Å². The lowest BCUT2D eigenvalue weighted by Crippen LogP contribution is -2.04. The molecule has 1 aromatic rings. The summed E-state index contributed by atoms with van der Waals surface area (Å²) in [6.07, 6.45) is 1.32. The van der Waals surface area contributed by atoms with Gasteiger partial charge in [0.05, 0.1) is 18.5 Å². The number of carbonyl (C=O) groups excluding carboxylic acids is 1. The van der Waals surface area contributed by atoms with Gasteiger partial charge >= 0.3 is 5.97 Å². The van der Waals surface area contributed by atoms with Crippen LogP contribution < -0.4 is 5.32 Å². The molecule has 1 N–H and O–H groups in total. The van der Waals surface area contributed by atoms with Gasteiger partial charge in [-0.15, -0.1) is 0 Å². The van der Waals surface area contributed by atoms with Crippen LogP contribution in [0.5, 0.6) is 0 Å². The van der Waals surface area contributed by atoms with Gasteiger partial charge in [0.1, 0.15) is 0 Å². The molecule has 1 rings (SSSR count). The molecule has 0 aliphatic rings. The van der Waals surface area contributed by atoms with Crippen molar-refractivity contribution in [2.45, 2.75) is 25.5 Å². The van der Waals surface area contributed by atoms with Gasteiger partial charge in [-0.25, -0.2) is 0 Å². The number of carbonyl (C=O) groups is 1. The maximum absolute atomic E-state index is 11.0. The van der Waals surface area contributed by atoms with Crippen LogP contribution in [0, 0.1) is 10.1 Å². The first kappa shape index (κ1) is 17.3. The molecule has 0 aliphatic heterocycles. The molecule has 0 bridgehead atoms. The summed E-state index contributed by atoms with van der Waals surface area (Å²) in [4.78, 5) is 21.5. The molecule has 0 spiro atoms. The second-order valence-electron chi connectivity index (χ2n) is 4.40. The number of hydrogen-bond donors (Lipinski definition) is 1. The highest BCUT2D eigenvalue weighted by Crippen LogP contribution is 2.26. The van der Waals surface area contributed by atoms with Crippen LogP contribution in [0.4, 0.5) is 11.4 Å². The molecule has 0 radical (unpaired) electrons. The third-order valence-corrected chi connectivity index (χ3v) is 3.81. The van der Waals surface area contributed by atoms with E-state index in [9.17, 15) is 14.9 Å². The minimum Gasteiger partial charge on any atom is -0.469 e. The SMILES string of the molecule is CCCNc1ccc([N+](=O)[O-])cc1CSCCC(=O)OC. The average molecular weight is 312 g/mol. The van der Waals surface area contributed by atoms with Gasteiger partial charge < -0.3 is 10.1 Å². The molecule has 0 heterocycles. The third-order valence-electron chi connectivity index (χ3n) is 2.80. The Morgan fingerprint density at radius 2 is 2.24 bits per heavy atom. The fourth-order valence-corrected chi connectivity index (χ4v) is 2.60. The number of hydrogen-bond acceptors (Lipinski definition) is 6. The number of benzene rings is 1. The zero-order valence-electron chi connectivity index (χ0n) is 12.3. The zero-order chi connectivity index (χ0) is 15.7. The Bertz CT molecular complexity index is 494. The molecule has 0 aromatic heterocycles. The standard InChI is InChI=1S/C14H20N2O4S/c1-3-7-15-13-5-4-12(16(18)19)9-11(13)10-21-8-6-14(17)20-2/h4-5,9,15H,3,6-8,10H2,1-2H3. The van der Waals surface area contributed by atoms with Crippen molar-refractivity contribution in [3.63, 3.8) is 0 Å². The van der Waals surface area contributed by atoms with E-state index in [2.05, 4.69) is 17.0 Å². The van der Waals surface area contributed by atoms with E-state index in [-0.39, 0.29) is 11.7 Å². The summed E-state index contributed by atoms with van der Waals surface area (Å²) in [5, 5.41) is 14.1. The third kappa shape index (κ3) is 6.03. The van der Waals surface area contributed by atoms with E-state index in [1.54, 1.807) is 23.9 Å². The summed E-state index contributed by atoms with van der Waals surface area (Å²) in [6.45, 7) is 2.88. The number of nitrogens with one attached hydrogen (secondary N) is 1. The molecule has 0 unspecified atom stereocenters. The lowest BCUT2D eigenvalue weighted by molar-refractivity contribution is -0.384. The van der Waals surface area contributed by atoms with Crippen LogP contribution >= 0.6 is 11.8 Å². The van der Waals surface area contributed by atoms with Gasteiger partial charge in [-0.1, -0.05) is 6.92 Å². The molecule has 116 valence electrons. The summed E-state index contributed by atoms with van der Waals surface area (Å²) < 4.78 is 4.58.